The Kier molecular flexibility index (Phi) is 2.50. The van der Waals surface area contributed by atoms with Crippen LogP contribution in [0.3, 0.4) is 0 Å². The molecule has 0 heterocycles. The predicted molar refractivity (Wildman–Crippen MR) is 73.0 cm³/mol. The highest BCUT2D eigenvalue weighted by molar-refractivity contribution is 6.08. The Morgan fingerprint density at radius 1 is 1.05 bits per heavy atom. The number of nitrogens with two attached hydrogens (primary N) is 1. The molecule has 100 valence electrons. The van der Waals surface area contributed by atoms with Crippen LogP contribution in [0.2, 0.25) is 0 Å². The van der Waals surface area contributed by atoms with E-state index < -0.39 is 11.9 Å². The van der Waals surface area contributed by atoms with Crippen molar-refractivity contribution in [2.45, 2.75) is 6.42 Å². The lowest BCUT2D eigenvalue weighted by atomic mass is 9.95. The van der Waals surface area contributed by atoms with Gasteiger partial charge in [0.15, 0.2) is 0 Å². The highest BCUT2D eigenvalue weighted by Crippen LogP contribution is 2.41. The van der Waals surface area contributed by atoms with Crippen LogP contribution in [-0.4, -0.2) is 22.2 Å². The molecule has 0 saturated carbocycles. The summed E-state index contributed by atoms with van der Waals surface area (Å²) in [5.74, 6) is -2.61. The lowest BCUT2D eigenvalue weighted by molar-refractivity contribution is 0.0652. The highest BCUT2D eigenvalue weighted by Gasteiger charge is 2.28. The molecule has 0 aromatic heterocycles. The van der Waals surface area contributed by atoms with Crippen molar-refractivity contribution in [3.05, 3.63) is 52.6 Å². The zero-order valence-electron chi connectivity index (χ0n) is 10.4. The van der Waals surface area contributed by atoms with Crippen LogP contribution in [0.5, 0.6) is 0 Å². The fourth-order valence-corrected chi connectivity index (χ4v) is 2.70. The molecule has 1 aliphatic carbocycles. The summed E-state index contributed by atoms with van der Waals surface area (Å²) in [6, 6.07) is 8.96. The molecule has 0 radical (unpaired) electrons. The van der Waals surface area contributed by atoms with E-state index in [1.807, 2.05) is 24.3 Å². The summed E-state index contributed by atoms with van der Waals surface area (Å²) in [5, 5.41) is 18.4. The van der Waals surface area contributed by atoms with Crippen molar-refractivity contribution < 1.29 is 19.8 Å². The molecule has 0 unspecified atom stereocenters. The van der Waals surface area contributed by atoms with Crippen molar-refractivity contribution in [3.8, 4) is 11.1 Å². The van der Waals surface area contributed by atoms with Gasteiger partial charge in [0.25, 0.3) is 0 Å². The Balaban J connectivity index is 2.36. The molecular weight excluding hydrogens is 258 g/mol. The molecular formula is C15H11NO4. The SMILES string of the molecule is Nc1c2c(cc(C(=O)O)c1C(=O)O)-c1ccccc1C2. The maximum Gasteiger partial charge on any atom is 0.338 e. The molecule has 2 aromatic carbocycles. The highest BCUT2D eigenvalue weighted by atomic mass is 16.4. The van der Waals surface area contributed by atoms with E-state index in [9.17, 15) is 19.8 Å². The third kappa shape index (κ3) is 1.56. The van der Waals surface area contributed by atoms with Gasteiger partial charge in [0, 0.05) is 6.42 Å². The molecule has 1 aliphatic rings. The van der Waals surface area contributed by atoms with Crippen LogP contribution >= 0.6 is 0 Å². The number of nitrogen functional groups attached to an aromatic ring is 1. The summed E-state index contributed by atoms with van der Waals surface area (Å²) >= 11 is 0. The largest absolute Gasteiger partial charge is 0.478 e. The van der Waals surface area contributed by atoms with Gasteiger partial charge in [0.05, 0.1) is 16.8 Å². The molecule has 0 atom stereocenters. The van der Waals surface area contributed by atoms with Gasteiger partial charge >= 0.3 is 11.9 Å². The van der Waals surface area contributed by atoms with Gasteiger partial charge in [-0.25, -0.2) is 9.59 Å². The quantitative estimate of drug-likeness (QED) is 0.619. The number of aromatic carboxylic acids is 2. The summed E-state index contributed by atoms with van der Waals surface area (Å²) < 4.78 is 0. The minimum Gasteiger partial charge on any atom is -0.478 e. The van der Waals surface area contributed by atoms with Crippen LogP contribution in [0.25, 0.3) is 11.1 Å². The van der Waals surface area contributed by atoms with E-state index in [1.165, 1.54) is 6.07 Å². The summed E-state index contributed by atoms with van der Waals surface area (Å²) in [6.45, 7) is 0. The van der Waals surface area contributed by atoms with Gasteiger partial charge in [-0.05, 0) is 28.3 Å². The number of carbonyl (C=O) groups is 2. The molecule has 0 fully saturated rings. The summed E-state index contributed by atoms with van der Waals surface area (Å²) in [5.41, 5.74) is 8.68. The zero-order chi connectivity index (χ0) is 14.4. The second-order valence-corrected chi connectivity index (χ2v) is 4.68. The fourth-order valence-electron chi connectivity index (χ4n) is 2.70. The fraction of sp³-hybridized carbons (Fsp3) is 0.0667. The first kappa shape index (κ1) is 12.2. The number of hydrogen-bond donors (Lipinski definition) is 3. The third-order valence-corrected chi connectivity index (χ3v) is 3.60. The minimum absolute atomic E-state index is 0.0450. The van der Waals surface area contributed by atoms with Crippen LogP contribution in [-0.2, 0) is 6.42 Å². The van der Waals surface area contributed by atoms with Crippen LogP contribution < -0.4 is 5.73 Å². The average molecular weight is 269 g/mol. The van der Waals surface area contributed by atoms with E-state index in [-0.39, 0.29) is 16.8 Å². The second kappa shape index (κ2) is 4.09. The number of fused-ring (bicyclic) bond motifs is 3. The smallest absolute Gasteiger partial charge is 0.338 e. The molecule has 5 heteroatoms. The van der Waals surface area contributed by atoms with Crippen molar-refractivity contribution in [3.63, 3.8) is 0 Å². The lowest BCUT2D eigenvalue weighted by Crippen LogP contribution is -2.13. The summed E-state index contributed by atoms with van der Waals surface area (Å²) in [4.78, 5) is 22.5. The first-order valence-corrected chi connectivity index (χ1v) is 6.01. The number of benzene rings is 2. The first-order valence-electron chi connectivity index (χ1n) is 6.01. The Labute approximate surface area is 114 Å². The Hall–Kier alpha value is -2.82. The molecule has 4 N–H and O–H groups in total. The third-order valence-electron chi connectivity index (χ3n) is 3.60. The van der Waals surface area contributed by atoms with Gasteiger partial charge < -0.3 is 15.9 Å². The van der Waals surface area contributed by atoms with Crippen molar-refractivity contribution in [1.29, 1.82) is 0 Å². The number of rotatable bonds is 2. The predicted octanol–water partition coefficient (Wildman–Crippen LogP) is 2.24. The van der Waals surface area contributed by atoms with E-state index >= 15 is 0 Å². The molecule has 20 heavy (non-hydrogen) atoms. The number of anilines is 1. The van der Waals surface area contributed by atoms with E-state index in [0.29, 0.717) is 17.5 Å². The monoisotopic (exact) mass is 269 g/mol. The van der Waals surface area contributed by atoms with Gasteiger partial charge in [-0.3, -0.25) is 0 Å². The average Bonchev–Trinajstić information content (AvgIpc) is 2.77. The van der Waals surface area contributed by atoms with Crippen molar-refractivity contribution in [2.24, 2.45) is 0 Å². The molecule has 0 amide bonds. The second-order valence-electron chi connectivity index (χ2n) is 4.68. The summed E-state index contributed by atoms with van der Waals surface area (Å²) in [6.07, 6.45) is 0.525. The van der Waals surface area contributed by atoms with E-state index in [2.05, 4.69) is 0 Å². The standard InChI is InChI=1S/C15H11NO4/c16-13-10-5-7-3-1-2-4-8(7)9(10)6-11(14(17)18)12(13)15(19)20/h1-4,6H,5,16H2,(H,17,18)(H,19,20). The van der Waals surface area contributed by atoms with Crippen LogP contribution in [0, 0.1) is 0 Å². The summed E-state index contributed by atoms with van der Waals surface area (Å²) in [7, 11) is 0. The van der Waals surface area contributed by atoms with Gasteiger partial charge in [0.1, 0.15) is 0 Å². The molecule has 3 rings (SSSR count). The lowest BCUT2D eigenvalue weighted by Gasteiger charge is -2.11. The topological polar surface area (TPSA) is 101 Å². The van der Waals surface area contributed by atoms with Crippen LogP contribution in [0.4, 0.5) is 5.69 Å². The Morgan fingerprint density at radius 2 is 1.75 bits per heavy atom. The van der Waals surface area contributed by atoms with Crippen molar-refractivity contribution >= 4 is 17.6 Å². The zero-order valence-corrected chi connectivity index (χ0v) is 10.4. The molecule has 0 aliphatic heterocycles. The molecule has 0 spiro atoms. The first-order chi connectivity index (χ1) is 9.50. The number of hydrogen-bond acceptors (Lipinski definition) is 3. The van der Waals surface area contributed by atoms with Crippen molar-refractivity contribution in [2.75, 3.05) is 5.73 Å². The van der Waals surface area contributed by atoms with Crippen LogP contribution in [0.15, 0.2) is 30.3 Å². The maximum absolute atomic E-state index is 11.3. The van der Waals surface area contributed by atoms with Gasteiger partial charge in [-0.1, -0.05) is 24.3 Å². The van der Waals surface area contributed by atoms with Gasteiger partial charge in [0.2, 0.25) is 0 Å². The molecule has 2 aromatic rings. The van der Waals surface area contributed by atoms with Gasteiger partial charge in [-0.2, -0.15) is 0 Å². The van der Waals surface area contributed by atoms with Crippen LogP contribution in [0.1, 0.15) is 31.8 Å². The normalized spacial score (nSPS) is 11.8. The maximum atomic E-state index is 11.3. The molecule has 0 bridgehead atoms. The van der Waals surface area contributed by atoms with E-state index in [0.717, 1.165) is 11.1 Å². The molecule has 5 nitrogen and oxygen atoms in total. The van der Waals surface area contributed by atoms with Crippen molar-refractivity contribution in [1.82, 2.24) is 0 Å². The molecule has 0 saturated heterocycles. The van der Waals surface area contributed by atoms with E-state index in [1.54, 1.807) is 0 Å². The van der Waals surface area contributed by atoms with E-state index in [4.69, 9.17) is 5.73 Å². The Bertz CT molecular complexity index is 765. The number of carboxylic acids is 2. The Morgan fingerprint density at radius 3 is 2.40 bits per heavy atom. The minimum atomic E-state index is -1.32. The number of carboxylic acid groups (broad SMARTS) is 2. The van der Waals surface area contributed by atoms with Gasteiger partial charge in [-0.15, -0.1) is 0 Å².